The number of rotatable bonds is 3. The summed E-state index contributed by atoms with van der Waals surface area (Å²) in [5, 5.41) is 13.1. The molecule has 0 saturated carbocycles. The van der Waals surface area contributed by atoms with Crippen LogP contribution in [0, 0.1) is 0 Å². The Bertz CT molecular complexity index is 533. The third-order valence-corrected chi connectivity index (χ3v) is 4.45. The Morgan fingerprint density at radius 3 is 2.05 bits per heavy atom. The highest BCUT2D eigenvalue weighted by atomic mass is 16.3. The molecule has 0 unspecified atom stereocenters. The van der Waals surface area contributed by atoms with Crippen molar-refractivity contribution >= 4 is 17.3 Å². The van der Waals surface area contributed by atoms with E-state index < -0.39 is 0 Å². The summed E-state index contributed by atoms with van der Waals surface area (Å²) in [6.45, 7) is 3.81. The van der Waals surface area contributed by atoms with Crippen molar-refractivity contribution < 1.29 is 9.90 Å². The average Bonchev–Trinajstić information content (AvgIpc) is 3.19. The van der Waals surface area contributed by atoms with Gasteiger partial charge in [-0.1, -0.05) is 0 Å². The lowest BCUT2D eigenvalue weighted by molar-refractivity contribution is 0.0963. The Kier molecular flexibility index (Phi) is 3.90. The van der Waals surface area contributed by atoms with Crippen LogP contribution in [0.3, 0.4) is 0 Å². The molecule has 0 atom stereocenters. The molecule has 2 N–H and O–H groups in total. The highest BCUT2D eigenvalue weighted by Gasteiger charge is 2.28. The van der Waals surface area contributed by atoms with Crippen LogP contribution in [0.1, 0.15) is 36.0 Å². The molecule has 3 rings (SSSR count). The predicted molar refractivity (Wildman–Crippen MR) is 84.4 cm³/mol. The molecule has 2 fully saturated rings. The first-order chi connectivity index (χ1) is 10.2. The van der Waals surface area contributed by atoms with Crippen LogP contribution in [0.5, 0.6) is 5.75 Å². The molecule has 0 bridgehead atoms. The number of phenols is 1. The lowest BCUT2D eigenvalue weighted by Gasteiger charge is -2.29. The van der Waals surface area contributed by atoms with E-state index in [1.807, 2.05) is 0 Å². The minimum atomic E-state index is -0.0858. The van der Waals surface area contributed by atoms with E-state index in [0.29, 0.717) is 5.56 Å². The summed E-state index contributed by atoms with van der Waals surface area (Å²) < 4.78 is 0. The zero-order valence-electron chi connectivity index (χ0n) is 12.6. The number of nitrogens with zero attached hydrogens (tertiary/aromatic N) is 2. The number of nitrogens with one attached hydrogen (secondary N) is 1. The first-order valence-electron chi connectivity index (χ1n) is 7.80. The van der Waals surface area contributed by atoms with Crippen molar-refractivity contribution in [2.45, 2.75) is 25.7 Å². The molecule has 1 amide bonds. The Hall–Kier alpha value is -1.91. The lowest BCUT2D eigenvalue weighted by atomic mass is 10.1. The van der Waals surface area contributed by atoms with Gasteiger partial charge in [0.05, 0.1) is 11.3 Å². The fourth-order valence-corrected chi connectivity index (χ4v) is 3.40. The van der Waals surface area contributed by atoms with Gasteiger partial charge in [0.15, 0.2) is 0 Å². The van der Waals surface area contributed by atoms with E-state index in [-0.39, 0.29) is 11.7 Å². The molecule has 2 aliphatic heterocycles. The minimum Gasteiger partial charge on any atom is -0.506 e. The number of benzene rings is 1. The number of amides is 1. The fraction of sp³-hybridized carbons (Fsp3) is 0.562. The Morgan fingerprint density at radius 2 is 1.52 bits per heavy atom. The quantitative estimate of drug-likeness (QED) is 0.893. The summed E-state index contributed by atoms with van der Waals surface area (Å²) in [7, 11) is 1.65. The van der Waals surface area contributed by atoms with Crippen LogP contribution in [0.2, 0.25) is 0 Å². The largest absolute Gasteiger partial charge is 0.506 e. The standard InChI is InChI=1S/C16H23N3O2/c1-17-16(21)12-6-7-13(20)15(19-10-4-5-11-19)14(12)18-8-2-3-9-18/h6-7,20H,2-5,8-11H2,1H3,(H,17,21). The van der Waals surface area contributed by atoms with Crippen molar-refractivity contribution in [3.05, 3.63) is 17.7 Å². The van der Waals surface area contributed by atoms with Crippen LogP contribution in [-0.4, -0.2) is 44.2 Å². The molecule has 0 radical (unpaired) electrons. The summed E-state index contributed by atoms with van der Waals surface area (Å²) in [6, 6.07) is 3.39. The summed E-state index contributed by atoms with van der Waals surface area (Å²) >= 11 is 0. The molecule has 114 valence electrons. The zero-order chi connectivity index (χ0) is 14.8. The molecule has 1 aromatic carbocycles. The van der Waals surface area contributed by atoms with E-state index in [1.165, 1.54) is 0 Å². The molecule has 5 nitrogen and oxygen atoms in total. The van der Waals surface area contributed by atoms with E-state index in [1.54, 1.807) is 19.2 Å². The third-order valence-electron chi connectivity index (χ3n) is 4.45. The molecule has 1 aromatic rings. The Balaban J connectivity index is 2.12. The lowest BCUT2D eigenvalue weighted by Crippen LogP contribution is -2.29. The van der Waals surface area contributed by atoms with Crippen LogP contribution in [-0.2, 0) is 0 Å². The van der Waals surface area contributed by atoms with Crippen LogP contribution < -0.4 is 15.1 Å². The van der Waals surface area contributed by atoms with Crippen molar-refractivity contribution in [1.29, 1.82) is 0 Å². The minimum absolute atomic E-state index is 0.0858. The molecule has 0 spiro atoms. The monoisotopic (exact) mass is 289 g/mol. The zero-order valence-corrected chi connectivity index (χ0v) is 12.6. The van der Waals surface area contributed by atoms with Crippen LogP contribution in [0.4, 0.5) is 11.4 Å². The highest BCUT2D eigenvalue weighted by Crippen LogP contribution is 2.43. The van der Waals surface area contributed by atoms with E-state index >= 15 is 0 Å². The number of carbonyl (C=O) groups excluding carboxylic acids is 1. The maximum atomic E-state index is 12.2. The smallest absolute Gasteiger partial charge is 0.253 e. The second-order valence-corrected chi connectivity index (χ2v) is 5.80. The SMILES string of the molecule is CNC(=O)c1ccc(O)c(N2CCCC2)c1N1CCCC1. The molecule has 0 aromatic heterocycles. The summed E-state index contributed by atoms with van der Waals surface area (Å²) in [6.07, 6.45) is 4.57. The molecule has 2 saturated heterocycles. The van der Waals surface area contributed by atoms with Crippen molar-refractivity contribution in [2.75, 3.05) is 43.0 Å². The summed E-state index contributed by atoms with van der Waals surface area (Å²) in [4.78, 5) is 16.7. The van der Waals surface area contributed by atoms with Gasteiger partial charge in [-0.25, -0.2) is 0 Å². The average molecular weight is 289 g/mol. The van der Waals surface area contributed by atoms with E-state index in [2.05, 4.69) is 15.1 Å². The maximum Gasteiger partial charge on any atom is 0.253 e. The summed E-state index contributed by atoms with van der Waals surface area (Å²) in [5.41, 5.74) is 2.42. The Labute approximate surface area is 125 Å². The third kappa shape index (κ3) is 2.52. The predicted octanol–water partition coefficient (Wildman–Crippen LogP) is 1.95. The van der Waals surface area contributed by atoms with Gasteiger partial charge in [0, 0.05) is 33.2 Å². The normalized spacial score (nSPS) is 18.3. The molecular weight excluding hydrogens is 266 g/mol. The van der Waals surface area contributed by atoms with Gasteiger partial charge in [-0.2, -0.15) is 0 Å². The van der Waals surface area contributed by atoms with Gasteiger partial charge in [0.25, 0.3) is 5.91 Å². The van der Waals surface area contributed by atoms with Crippen molar-refractivity contribution in [3.63, 3.8) is 0 Å². The van der Waals surface area contributed by atoms with E-state index in [0.717, 1.165) is 63.2 Å². The first kappa shape index (κ1) is 14.0. The number of carbonyl (C=O) groups is 1. The number of hydrogen-bond donors (Lipinski definition) is 2. The number of aromatic hydroxyl groups is 1. The van der Waals surface area contributed by atoms with E-state index in [4.69, 9.17) is 0 Å². The molecule has 5 heteroatoms. The van der Waals surface area contributed by atoms with Gasteiger partial charge in [0.2, 0.25) is 0 Å². The second kappa shape index (κ2) is 5.84. The fourth-order valence-electron chi connectivity index (χ4n) is 3.40. The topological polar surface area (TPSA) is 55.8 Å². The summed E-state index contributed by atoms with van der Waals surface area (Å²) in [5.74, 6) is 0.198. The van der Waals surface area contributed by atoms with Crippen LogP contribution >= 0.6 is 0 Å². The number of hydrogen-bond acceptors (Lipinski definition) is 4. The maximum absolute atomic E-state index is 12.2. The van der Waals surface area contributed by atoms with E-state index in [9.17, 15) is 9.90 Å². The van der Waals surface area contributed by atoms with Gasteiger partial charge in [-0.15, -0.1) is 0 Å². The first-order valence-corrected chi connectivity index (χ1v) is 7.80. The van der Waals surface area contributed by atoms with Crippen LogP contribution in [0.25, 0.3) is 0 Å². The molecule has 2 aliphatic rings. The molecule has 0 aliphatic carbocycles. The van der Waals surface area contributed by atoms with Crippen molar-refractivity contribution in [1.82, 2.24) is 5.32 Å². The van der Waals surface area contributed by atoms with Crippen molar-refractivity contribution in [3.8, 4) is 5.75 Å². The Morgan fingerprint density at radius 1 is 1.00 bits per heavy atom. The molecular formula is C16H23N3O2. The molecule has 21 heavy (non-hydrogen) atoms. The van der Waals surface area contributed by atoms with Gasteiger partial charge >= 0.3 is 0 Å². The van der Waals surface area contributed by atoms with Gasteiger partial charge in [0.1, 0.15) is 11.4 Å². The highest BCUT2D eigenvalue weighted by molar-refractivity contribution is 6.04. The van der Waals surface area contributed by atoms with Gasteiger partial charge < -0.3 is 20.2 Å². The van der Waals surface area contributed by atoms with Crippen molar-refractivity contribution in [2.24, 2.45) is 0 Å². The second-order valence-electron chi connectivity index (χ2n) is 5.80. The number of anilines is 2. The molecule has 2 heterocycles. The number of phenolic OH excluding ortho intramolecular Hbond substituents is 1. The van der Waals surface area contributed by atoms with Gasteiger partial charge in [-0.3, -0.25) is 4.79 Å². The van der Waals surface area contributed by atoms with Crippen LogP contribution in [0.15, 0.2) is 12.1 Å². The van der Waals surface area contributed by atoms with Gasteiger partial charge in [-0.05, 0) is 37.8 Å².